The van der Waals surface area contributed by atoms with Crippen molar-refractivity contribution in [2.24, 2.45) is 0 Å². The molecule has 1 aliphatic rings. The number of para-hydroxylation sites is 1. The summed E-state index contributed by atoms with van der Waals surface area (Å²) in [5, 5.41) is 0.560. The first kappa shape index (κ1) is 22.3. The number of fused-ring (bicyclic) bond motifs is 1. The third-order valence-corrected chi connectivity index (χ3v) is 6.12. The van der Waals surface area contributed by atoms with Gasteiger partial charge < -0.3 is 23.8 Å². The standard InChI is InChI=1S/C26H28N4O4/c1-32-22(15-29-11-13-33-14-12-29)17-34-21-9-7-19(8-10-21)23-16-30(20-5-3-2-4-6-20)25-24(23)26(31)28-18-27-25/h2-10,16,18,22H,11-15,17H2,1H3,(H,27,28,31). The van der Waals surface area contributed by atoms with Crippen LogP contribution < -0.4 is 10.3 Å². The van der Waals surface area contributed by atoms with Crippen molar-refractivity contribution in [2.75, 3.05) is 46.6 Å². The second-order valence-corrected chi connectivity index (χ2v) is 8.28. The van der Waals surface area contributed by atoms with Crippen LogP contribution in [0.1, 0.15) is 0 Å². The Bertz CT molecular complexity index is 1280. The van der Waals surface area contributed by atoms with E-state index in [2.05, 4.69) is 14.9 Å². The second kappa shape index (κ2) is 10.2. The minimum Gasteiger partial charge on any atom is -0.491 e. The van der Waals surface area contributed by atoms with Crippen LogP contribution in [0, 0.1) is 0 Å². The van der Waals surface area contributed by atoms with Crippen molar-refractivity contribution in [1.82, 2.24) is 19.4 Å². The summed E-state index contributed by atoms with van der Waals surface area (Å²) < 4.78 is 19.0. The van der Waals surface area contributed by atoms with E-state index in [9.17, 15) is 4.79 Å². The van der Waals surface area contributed by atoms with Crippen LogP contribution in [0.3, 0.4) is 0 Å². The highest BCUT2D eigenvalue weighted by molar-refractivity contribution is 5.94. The minimum absolute atomic E-state index is 0.0220. The predicted octanol–water partition coefficient (Wildman–Crippen LogP) is 3.11. The molecule has 0 saturated carbocycles. The van der Waals surface area contributed by atoms with E-state index < -0.39 is 0 Å². The van der Waals surface area contributed by atoms with Gasteiger partial charge in [-0.1, -0.05) is 30.3 Å². The second-order valence-electron chi connectivity index (χ2n) is 8.28. The Hall–Kier alpha value is -3.46. The van der Waals surface area contributed by atoms with E-state index in [1.54, 1.807) is 7.11 Å². The van der Waals surface area contributed by atoms with Crippen LogP contribution in [-0.2, 0) is 9.47 Å². The summed E-state index contributed by atoms with van der Waals surface area (Å²) in [6, 6.07) is 17.7. The molecule has 8 heteroatoms. The maximum Gasteiger partial charge on any atom is 0.260 e. The van der Waals surface area contributed by atoms with Crippen LogP contribution in [0.5, 0.6) is 5.75 Å². The number of aromatic amines is 1. The number of nitrogens with zero attached hydrogens (tertiary/aromatic N) is 3. The molecule has 0 amide bonds. The first-order valence-electron chi connectivity index (χ1n) is 11.4. The van der Waals surface area contributed by atoms with E-state index in [4.69, 9.17) is 14.2 Å². The highest BCUT2D eigenvalue weighted by Gasteiger charge is 2.18. The molecular formula is C26H28N4O4. The first-order valence-corrected chi connectivity index (χ1v) is 11.4. The summed E-state index contributed by atoms with van der Waals surface area (Å²) >= 11 is 0. The Morgan fingerprint density at radius 2 is 1.85 bits per heavy atom. The van der Waals surface area contributed by atoms with Gasteiger partial charge in [-0.3, -0.25) is 9.69 Å². The summed E-state index contributed by atoms with van der Waals surface area (Å²) in [7, 11) is 1.71. The number of H-pyrrole nitrogens is 1. The molecule has 1 atom stereocenters. The number of hydrogen-bond donors (Lipinski definition) is 1. The van der Waals surface area contributed by atoms with Gasteiger partial charge in [0.1, 0.15) is 18.5 Å². The summed E-state index contributed by atoms with van der Waals surface area (Å²) in [4.78, 5) is 22.2. The fourth-order valence-corrected chi connectivity index (χ4v) is 4.26. The Morgan fingerprint density at radius 3 is 2.59 bits per heavy atom. The molecule has 2 aromatic carbocycles. The fourth-order valence-electron chi connectivity index (χ4n) is 4.26. The number of methoxy groups -OCH3 is 1. The van der Waals surface area contributed by atoms with Gasteiger partial charge in [0.15, 0.2) is 5.65 Å². The molecular weight excluding hydrogens is 432 g/mol. The lowest BCUT2D eigenvalue weighted by Gasteiger charge is -2.29. The summed E-state index contributed by atoms with van der Waals surface area (Å²) in [6.07, 6.45) is 3.38. The van der Waals surface area contributed by atoms with E-state index in [0.717, 1.165) is 55.4 Å². The quantitative estimate of drug-likeness (QED) is 0.435. The number of morpholine rings is 1. The minimum atomic E-state index is -0.166. The van der Waals surface area contributed by atoms with Gasteiger partial charge in [-0.25, -0.2) is 4.98 Å². The highest BCUT2D eigenvalue weighted by atomic mass is 16.5. The lowest BCUT2D eigenvalue weighted by Crippen LogP contribution is -2.43. The van der Waals surface area contributed by atoms with Gasteiger partial charge in [-0.05, 0) is 29.8 Å². The maximum atomic E-state index is 12.7. The molecule has 0 spiro atoms. The normalized spacial score (nSPS) is 15.4. The van der Waals surface area contributed by atoms with Crippen molar-refractivity contribution < 1.29 is 14.2 Å². The number of benzene rings is 2. The largest absolute Gasteiger partial charge is 0.491 e. The number of hydrogen-bond acceptors (Lipinski definition) is 6. The molecule has 176 valence electrons. The molecule has 1 aliphatic heterocycles. The van der Waals surface area contributed by atoms with Crippen molar-refractivity contribution in [3.8, 4) is 22.6 Å². The van der Waals surface area contributed by atoms with E-state index in [1.807, 2.05) is 65.4 Å². The van der Waals surface area contributed by atoms with Crippen molar-refractivity contribution in [3.63, 3.8) is 0 Å². The summed E-state index contributed by atoms with van der Waals surface area (Å²) in [5.74, 6) is 0.756. The Labute approximate surface area is 197 Å². The lowest BCUT2D eigenvalue weighted by atomic mass is 10.1. The van der Waals surface area contributed by atoms with E-state index in [-0.39, 0.29) is 11.7 Å². The van der Waals surface area contributed by atoms with E-state index in [0.29, 0.717) is 17.6 Å². The topological polar surface area (TPSA) is 81.6 Å². The molecule has 0 aliphatic carbocycles. The van der Waals surface area contributed by atoms with Gasteiger partial charge in [0, 0.05) is 44.2 Å². The van der Waals surface area contributed by atoms with E-state index in [1.165, 1.54) is 6.33 Å². The Kier molecular flexibility index (Phi) is 6.71. The van der Waals surface area contributed by atoms with Gasteiger partial charge in [0.05, 0.1) is 24.9 Å². The van der Waals surface area contributed by atoms with Gasteiger partial charge in [-0.15, -0.1) is 0 Å². The van der Waals surface area contributed by atoms with Crippen LogP contribution >= 0.6 is 0 Å². The van der Waals surface area contributed by atoms with Gasteiger partial charge in [0.25, 0.3) is 5.56 Å². The van der Waals surface area contributed by atoms with Crippen LogP contribution in [-0.4, -0.2) is 72.1 Å². The zero-order valence-corrected chi connectivity index (χ0v) is 19.1. The Morgan fingerprint density at radius 1 is 1.09 bits per heavy atom. The summed E-state index contributed by atoms with van der Waals surface area (Å²) in [6.45, 7) is 4.63. The summed E-state index contributed by atoms with van der Waals surface area (Å²) in [5.41, 5.74) is 3.14. The number of aromatic nitrogens is 3. The third-order valence-electron chi connectivity index (χ3n) is 6.12. The van der Waals surface area contributed by atoms with Gasteiger partial charge in [-0.2, -0.15) is 0 Å². The molecule has 1 saturated heterocycles. The molecule has 4 aromatic rings. The van der Waals surface area contributed by atoms with Crippen molar-refractivity contribution in [2.45, 2.75) is 6.10 Å². The number of ether oxygens (including phenoxy) is 3. The first-order chi connectivity index (χ1) is 16.7. The van der Waals surface area contributed by atoms with Crippen molar-refractivity contribution >= 4 is 11.0 Å². The molecule has 1 N–H and O–H groups in total. The smallest absolute Gasteiger partial charge is 0.260 e. The number of nitrogens with one attached hydrogen (secondary N) is 1. The molecule has 3 heterocycles. The Balaban J connectivity index is 1.35. The van der Waals surface area contributed by atoms with Gasteiger partial charge >= 0.3 is 0 Å². The molecule has 2 aromatic heterocycles. The fraction of sp³-hybridized carbons (Fsp3) is 0.308. The molecule has 5 rings (SSSR count). The van der Waals surface area contributed by atoms with Gasteiger partial charge in [0.2, 0.25) is 0 Å². The van der Waals surface area contributed by atoms with Crippen LogP contribution in [0.2, 0.25) is 0 Å². The van der Waals surface area contributed by atoms with Crippen molar-refractivity contribution in [3.05, 3.63) is 77.5 Å². The molecule has 8 nitrogen and oxygen atoms in total. The van der Waals surface area contributed by atoms with Crippen molar-refractivity contribution in [1.29, 1.82) is 0 Å². The van der Waals surface area contributed by atoms with Crippen LogP contribution in [0.25, 0.3) is 27.8 Å². The monoisotopic (exact) mass is 460 g/mol. The van der Waals surface area contributed by atoms with Crippen LogP contribution in [0.15, 0.2) is 71.9 Å². The maximum absolute atomic E-state index is 12.7. The molecule has 1 fully saturated rings. The zero-order valence-electron chi connectivity index (χ0n) is 19.1. The number of rotatable bonds is 8. The molecule has 0 bridgehead atoms. The SMILES string of the molecule is COC(COc1ccc(-c2cn(-c3ccccc3)c3nc[nH]c(=O)c23)cc1)CN1CCOCC1. The molecule has 0 radical (unpaired) electrons. The third kappa shape index (κ3) is 4.75. The zero-order chi connectivity index (χ0) is 23.3. The predicted molar refractivity (Wildman–Crippen MR) is 131 cm³/mol. The molecule has 34 heavy (non-hydrogen) atoms. The molecule has 1 unspecified atom stereocenters. The van der Waals surface area contributed by atoms with Crippen LogP contribution in [0.4, 0.5) is 0 Å². The average Bonchev–Trinajstić information content (AvgIpc) is 3.29. The highest BCUT2D eigenvalue weighted by Crippen LogP contribution is 2.30. The van der Waals surface area contributed by atoms with E-state index >= 15 is 0 Å². The lowest BCUT2D eigenvalue weighted by molar-refractivity contribution is -0.0107. The average molecular weight is 461 g/mol.